The first-order valence-electron chi connectivity index (χ1n) is 10.6. The van der Waals surface area contributed by atoms with Crippen LogP contribution in [0.4, 0.5) is 0 Å². The van der Waals surface area contributed by atoms with E-state index in [1.807, 2.05) is 0 Å². The first-order valence-corrected chi connectivity index (χ1v) is 10.6. The van der Waals surface area contributed by atoms with E-state index in [0.29, 0.717) is 0 Å². The van der Waals surface area contributed by atoms with Crippen LogP contribution in [0.25, 0.3) is 0 Å². The number of hydrogen-bond acceptors (Lipinski definition) is 1. The number of benzene rings is 2. The van der Waals surface area contributed by atoms with Crippen LogP contribution in [-0.4, -0.2) is 6.10 Å². The third-order valence-corrected chi connectivity index (χ3v) is 5.41. The van der Waals surface area contributed by atoms with Gasteiger partial charge in [0.2, 0.25) is 0 Å². The van der Waals surface area contributed by atoms with Crippen molar-refractivity contribution in [3.63, 3.8) is 0 Å². The molecule has 1 nitrogen and oxygen atoms in total. The fourth-order valence-electron chi connectivity index (χ4n) is 3.48. The molecule has 0 fully saturated rings. The molecule has 0 unspecified atom stereocenters. The molecule has 1 heteroatoms. The van der Waals surface area contributed by atoms with Crippen LogP contribution in [-0.2, 0) is 22.7 Å². The minimum absolute atomic E-state index is 0.0116. The Morgan fingerprint density at radius 1 is 0.714 bits per heavy atom. The monoisotopic (exact) mass is 380 g/mol. The molecule has 0 amide bonds. The van der Waals surface area contributed by atoms with Crippen LogP contribution in [0, 0.1) is 0 Å². The smallest absolute Gasteiger partial charge is 0.122 e. The molecule has 0 aromatic heterocycles. The summed E-state index contributed by atoms with van der Waals surface area (Å²) in [7, 11) is 0. The van der Waals surface area contributed by atoms with Crippen LogP contribution < -0.4 is 4.74 Å². The van der Waals surface area contributed by atoms with Gasteiger partial charge in [0, 0.05) is 0 Å². The Hall–Kier alpha value is -1.76. The quantitative estimate of drug-likeness (QED) is 0.519. The molecule has 0 aliphatic rings. The molecule has 0 saturated carbocycles. The maximum absolute atomic E-state index is 6.08. The SMILES string of the molecule is CC(C)Oc1ccccc1CC(C)(C)c1cc(C(C)(C)C)cc(C(C)(C)C)c1. The summed E-state index contributed by atoms with van der Waals surface area (Å²) in [5.74, 6) is 1.01. The van der Waals surface area contributed by atoms with Gasteiger partial charge in [-0.1, -0.05) is 91.8 Å². The van der Waals surface area contributed by atoms with E-state index in [-0.39, 0.29) is 22.3 Å². The maximum Gasteiger partial charge on any atom is 0.122 e. The Morgan fingerprint density at radius 2 is 1.18 bits per heavy atom. The Bertz CT molecular complexity index is 765. The van der Waals surface area contributed by atoms with E-state index in [4.69, 9.17) is 4.74 Å². The lowest BCUT2D eigenvalue weighted by Crippen LogP contribution is -2.25. The molecular weight excluding hydrogens is 340 g/mol. The molecule has 154 valence electrons. The van der Waals surface area contributed by atoms with Gasteiger partial charge in [-0.3, -0.25) is 0 Å². The van der Waals surface area contributed by atoms with Gasteiger partial charge in [-0.2, -0.15) is 0 Å². The summed E-state index contributed by atoms with van der Waals surface area (Å²) in [6, 6.07) is 15.7. The molecule has 2 aromatic rings. The normalized spacial score (nSPS) is 13.1. The average Bonchev–Trinajstić information content (AvgIpc) is 2.54. The van der Waals surface area contributed by atoms with Crippen LogP contribution >= 0.6 is 0 Å². The van der Waals surface area contributed by atoms with Crippen LogP contribution in [0.5, 0.6) is 5.75 Å². The molecule has 0 atom stereocenters. The third kappa shape index (κ3) is 5.63. The molecule has 0 aliphatic heterocycles. The van der Waals surface area contributed by atoms with Crippen molar-refractivity contribution in [2.24, 2.45) is 0 Å². The summed E-state index contributed by atoms with van der Waals surface area (Å²) in [4.78, 5) is 0. The van der Waals surface area contributed by atoms with Crippen LogP contribution in [0.2, 0.25) is 0 Å². The second-order valence-electron chi connectivity index (χ2n) is 11.1. The van der Waals surface area contributed by atoms with Gasteiger partial charge < -0.3 is 4.74 Å². The van der Waals surface area contributed by atoms with E-state index >= 15 is 0 Å². The molecule has 2 rings (SSSR count). The standard InChI is InChI=1S/C27H40O/c1-19(2)28-24-14-12-11-13-20(24)18-27(9,10)23-16-21(25(3,4)5)15-22(17-23)26(6,7)8/h11-17,19H,18H2,1-10H3. The van der Waals surface area contributed by atoms with Crippen molar-refractivity contribution in [1.29, 1.82) is 0 Å². The minimum Gasteiger partial charge on any atom is -0.491 e. The largest absolute Gasteiger partial charge is 0.491 e. The van der Waals surface area contributed by atoms with E-state index in [0.717, 1.165) is 12.2 Å². The van der Waals surface area contributed by atoms with Gasteiger partial charge in [0.15, 0.2) is 0 Å². The Morgan fingerprint density at radius 3 is 1.64 bits per heavy atom. The van der Waals surface area contributed by atoms with Gasteiger partial charge >= 0.3 is 0 Å². The highest BCUT2D eigenvalue weighted by atomic mass is 16.5. The van der Waals surface area contributed by atoms with Gasteiger partial charge in [-0.15, -0.1) is 0 Å². The minimum atomic E-state index is 0.0116. The molecule has 0 aliphatic carbocycles. The van der Waals surface area contributed by atoms with Crippen LogP contribution in [0.15, 0.2) is 42.5 Å². The highest BCUT2D eigenvalue weighted by Gasteiger charge is 2.28. The first kappa shape index (κ1) is 22.5. The predicted octanol–water partition coefficient (Wildman–Crippen LogP) is 7.59. The van der Waals surface area contributed by atoms with Crippen molar-refractivity contribution in [2.75, 3.05) is 0 Å². The van der Waals surface area contributed by atoms with Crippen molar-refractivity contribution in [1.82, 2.24) is 0 Å². The zero-order valence-electron chi connectivity index (χ0n) is 19.7. The van der Waals surface area contributed by atoms with Crippen LogP contribution in [0.3, 0.4) is 0 Å². The zero-order valence-corrected chi connectivity index (χ0v) is 19.7. The van der Waals surface area contributed by atoms with Crippen molar-refractivity contribution >= 4 is 0 Å². The lowest BCUT2D eigenvalue weighted by Gasteiger charge is -2.32. The molecule has 0 N–H and O–H groups in total. The number of para-hydroxylation sites is 1. The fraction of sp³-hybridized carbons (Fsp3) is 0.556. The summed E-state index contributed by atoms with van der Waals surface area (Å²) < 4.78 is 6.08. The summed E-state index contributed by atoms with van der Waals surface area (Å²) in [5, 5.41) is 0. The van der Waals surface area contributed by atoms with Gasteiger partial charge in [0.1, 0.15) is 5.75 Å². The molecular formula is C27H40O. The fourth-order valence-corrected chi connectivity index (χ4v) is 3.48. The maximum atomic E-state index is 6.08. The van der Waals surface area contributed by atoms with E-state index in [2.05, 4.69) is 112 Å². The van der Waals surface area contributed by atoms with Gasteiger partial charge in [-0.25, -0.2) is 0 Å². The second-order valence-corrected chi connectivity index (χ2v) is 11.1. The Labute approximate surface area is 173 Å². The Kier molecular flexibility index (Phi) is 6.38. The van der Waals surface area contributed by atoms with E-state index in [1.54, 1.807) is 0 Å². The lowest BCUT2D eigenvalue weighted by atomic mass is 9.73. The number of ether oxygens (including phenoxy) is 1. The summed E-state index contributed by atoms with van der Waals surface area (Å²) in [6.45, 7) is 22.7. The molecule has 0 spiro atoms. The highest BCUT2D eigenvalue weighted by Crippen LogP contribution is 2.37. The van der Waals surface area contributed by atoms with E-state index < -0.39 is 0 Å². The molecule has 2 aromatic carbocycles. The predicted molar refractivity (Wildman–Crippen MR) is 123 cm³/mol. The summed E-state index contributed by atoms with van der Waals surface area (Å²) in [6.07, 6.45) is 1.13. The van der Waals surface area contributed by atoms with Crippen molar-refractivity contribution in [3.05, 3.63) is 64.7 Å². The Balaban J connectivity index is 2.51. The molecule has 28 heavy (non-hydrogen) atoms. The summed E-state index contributed by atoms with van der Waals surface area (Å²) in [5.41, 5.74) is 5.78. The molecule has 0 saturated heterocycles. The lowest BCUT2D eigenvalue weighted by molar-refractivity contribution is 0.238. The summed E-state index contributed by atoms with van der Waals surface area (Å²) >= 11 is 0. The van der Waals surface area contributed by atoms with E-state index in [9.17, 15) is 0 Å². The zero-order chi connectivity index (χ0) is 21.3. The third-order valence-electron chi connectivity index (χ3n) is 5.41. The van der Waals surface area contributed by atoms with Gasteiger partial charge in [0.25, 0.3) is 0 Å². The number of hydrogen-bond donors (Lipinski definition) is 0. The molecule has 0 radical (unpaired) electrons. The second kappa shape index (κ2) is 7.93. The average molecular weight is 381 g/mol. The van der Waals surface area contributed by atoms with Crippen molar-refractivity contribution in [2.45, 2.75) is 98.0 Å². The topological polar surface area (TPSA) is 9.23 Å². The molecule has 0 bridgehead atoms. The van der Waals surface area contributed by atoms with Gasteiger partial charge in [-0.05, 0) is 64.8 Å². The van der Waals surface area contributed by atoms with Crippen molar-refractivity contribution < 1.29 is 4.74 Å². The van der Waals surface area contributed by atoms with E-state index in [1.165, 1.54) is 22.3 Å². The van der Waals surface area contributed by atoms with Crippen LogP contribution in [0.1, 0.15) is 91.5 Å². The van der Waals surface area contributed by atoms with Gasteiger partial charge in [0.05, 0.1) is 6.10 Å². The molecule has 0 heterocycles. The highest BCUT2D eigenvalue weighted by molar-refractivity contribution is 5.42. The first-order chi connectivity index (χ1) is 12.7. The number of rotatable bonds is 5. The van der Waals surface area contributed by atoms with Crippen molar-refractivity contribution in [3.8, 4) is 5.75 Å².